The number of aliphatic hydroxyl groups is 7. The van der Waals surface area contributed by atoms with Gasteiger partial charge in [0.2, 0.25) is 0 Å². The van der Waals surface area contributed by atoms with Crippen LogP contribution in [0.2, 0.25) is 0 Å². The molecule has 2 heterocycles. The van der Waals surface area contributed by atoms with Gasteiger partial charge in [-0.05, 0) is 0 Å². The average molecular weight is 326 g/mol. The normalized spacial score (nSPS) is 49.5. The Balaban J connectivity index is 2.07. The predicted molar refractivity (Wildman–Crippen MR) is 67.5 cm³/mol. The highest BCUT2D eigenvalue weighted by Gasteiger charge is 2.50. The Morgan fingerprint density at radius 2 is 1.18 bits per heavy atom. The molecule has 9 atom stereocenters. The third-order valence-corrected chi connectivity index (χ3v) is 3.93. The third-order valence-electron chi connectivity index (χ3n) is 3.93. The minimum absolute atomic E-state index is 0.494. The molecule has 2 rings (SSSR count). The quantitative estimate of drug-likeness (QED) is 0.260. The molecule has 0 bridgehead atoms. The van der Waals surface area contributed by atoms with Crippen LogP contribution in [0, 0.1) is 0 Å². The molecule has 2 fully saturated rings. The van der Waals surface area contributed by atoms with Crippen molar-refractivity contribution >= 4 is 0 Å². The van der Waals surface area contributed by atoms with E-state index in [2.05, 4.69) is 0 Å². The summed E-state index contributed by atoms with van der Waals surface area (Å²) in [4.78, 5) is 0. The van der Waals surface area contributed by atoms with Crippen LogP contribution in [0.25, 0.3) is 0 Å². The van der Waals surface area contributed by atoms with Gasteiger partial charge < -0.3 is 50.0 Å². The second-order valence-corrected chi connectivity index (χ2v) is 5.37. The van der Waals surface area contributed by atoms with Crippen LogP contribution in [0.4, 0.5) is 0 Å². The first kappa shape index (κ1) is 17.9. The third kappa shape index (κ3) is 3.26. The Bertz CT molecular complexity index is 351. The molecule has 2 aliphatic heterocycles. The number of rotatable bonds is 5. The van der Waals surface area contributed by atoms with E-state index in [1.807, 2.05) is 0 Å². The van der Waals surface area contributed by atoms with Gasteiger partial charge in [0.05, 0.1) is 19.8 Å². The topological polar surface area (TPSA) is 169 Å². The summed E-state index contributed by atoms with van der Waals surface area (Å²) >= 11 is 0. The minimum Gasteiger partial charge on any atom is -0.394 e. The van der Waals surface area contributed by atoms with E-state index in [0.29, 0.717) is 0 Å². The maximum Gasteiger partial charge on any atom is 0.187 e. The molecule has 7 N–H and O–H groups in total. The number of hydrogen-bond acceptors (Lipinski definition) is 10. The molecule has 22 heavy (non-hydrogen) atoms. The lowest BCUT2D eigenvalue weighted by Gasteiger charge is -2.41. The summed E-state index contributed by atoms with van der Waals surface area (Å²) in [6.45, 7) is -1.61. The fourth-order valence-electron chi connectivity index (χ4n) is 2.61. The predicted octanol–water partition coefficient (Wildman–Crippen LogP) is -4.72. The lowest BCUT2D eigenvalue weighted by molar-refractivity contribution is -0.318. The van der Waals surface area contributed by atoms with E-state index in [4.69, 9.17) is 24.4 Å². The van der Waals surface area contributed by atoms with Crippen molar-refractivity contribution in [3.63, 3.8) is 0 Å². The van der Waals surface area contributed by atoms with Gasteiger partial charge >= 0.3 is 0 Å². The zero-order valence-corrected chi connectivity index (χ0v) is 11.7. The van der Waals surface area contributed by atoms with E-state index in [9.17, 15) is 25.5 Å². The summed E-state index contributed by atoms with van der Waals surface area (Å²) in [7, 11) is 0. The van der Waals surface area contributed by atoms with Crippen molar-refractivity contribution in [2.24, 2.45) is 0 Å². The second-order valence-electron chi connectivity index (χ2n) is 5.37. The SMILES string of the molecule is OC[C@H]1O[C@@H](O[C@H]2[C@H](O)[C@@H](CO)O[C@@H]2CO)[C@H](O)[C@@H](O)[C@@H]1O. The van der Waals surface area contributed by atoms with Gasteiger partial charge in [-0.3, -0.25) is 0 Å². The molecule has 0 aliphatic carbocycles. The van der Waals surface area contributed by atoms with Gasteiger partial charge in [-0.2, -0.15) is 0 Å². The zero-order valence-electron chi connectivity index (χ0n) is 11.7. The lowest BCUT2D eigenvalue weighted by Crippen LogP contribution is -2.60. The van der Waals surface area contributed by atoms with Crippen LogP contribution < -0.4 is 0 Å². The van der Waals surface area contributed by atoms with Crippen LogP contribution in [-0.4, -0.2) is 111 Å². The molecule has 10 nitrogen and oxygen atoms in total. The Labute approximate surface area is 126 Å². The molecule has 0 spiro atoms. The standard InChI is InChI=1S/C12H22O10/c13-1-4-7(16)9(18)10(19)12(21-4)22-11-6(3-15)20-5(2-14)8(11)17/h4-19H,1-3H2/t4-,5-,6-,7-,8-,9+,10-,11-,12+/m1/s1. The van der Waals surface area contributed by atoms with Crippen molar-refractivity contribution in [3.05, 3.63) is 0 Å². The number of aliphatic hydroxyl groups excluding tert-OH is 7. The van der Waals surface area contributed by atoms with Gasteiger partial charge in [0, 0.05) is 0 Å². The molecule has 0 aromatic heterocycles. The average Bonchev–Trinajstić information content (AvgIpc) is 2.83. The van der Waals surface area contributed by atoms with E-state index >= 15 is 0 Å². The first-order valence-electron chi connectivity index (χ1n) is 6.95. The van der Waals surface area contributed by atoms with Gasteiger partial charge in [-0.1, -0.05) is 0 Å². The second kappa shape index (κ2) is 7.45. The Kier molecular flexibility index (Phi) is 6.07. The molecular formula is C12H22O10. The first-order valence-corrected chi connectivity index (χ1v) is 6.95. The summed E-state index contributed by atoms with van der Waals surface area (Å²) in [5.74, 6) is 0. The van der Waals surface area contributed by atoms with Gasteiger partial charge in [-0.15, -0.1) is 0 Å². The lowest BCUT2D eigenvalue weighted by atomic mass is 9.99. The van der Waals surface area contributed by atoms with E-state index < -0.39 is 74.9 Å². The highest BCUT2D eigenvalue weighted by Crippen LogP contribution is 2.29. The number of ether oxygens (including phenoxy) is 3. The molecule has 0 unspecified atom stereocenters. The van der Waals surface area contributed by atoms with Crippen LogP contribution >= 0.6 is 0 Å². The van der Waals surface area contributed by atoms with Gasteiger partial charge in [0.25, 0.3) is 0 Å². The molecule has 10 heteroatoms. The molecule has 0 radical (unpaired) electrons. The van der Waals surface area contributed by atoms with Crippen molar-refractivity contribution in [1.82, 2.24) is 0 Å². The molecule has 2 saturated heterocycles. The zero-order chi connectivity index (χ0) is 16.4. The summed E-state index contributed by atoms with van der Waals surface area (Å²) in [5, 5.41) is 66.6. The first-order chi connectivity index (χ1) is 10.4. The van der Waals surface area contributed by atoms with Gasteiger partial charge in [0.1, 0.15) is 48.8 Å². The molecule has 0 saturated carbocycles. The van der Waals surface area contributed by atoms with Crippen molar-refractivity contribution in [2.45, 2.75) is 55.1 Å². The van der Waals surface area contributed by atoms with E-state index in [0.717, 1.165) is 0 Å². The van der Waals surface area contributed by atoms with Crippen molar-refractivity contribution in [1.29, 1.82) is 0 Å². The Morgan fingerprint density at radius 3 is 1.73 bits per heavy atom. The molecule has 0 amide bonds. The smallest absolute Gasteiger partial charge is 0.187 e. The molecule has 130 valence electrons. The summed E-state index contributed by atoms with van der Waals surface area (Å²) in [6, 6.07) is 0. The largest absolute Gasteiger partial charge is 0.394 e. The summed E-state index contributed by atoms with van der Waals surface area (Å²) in [6.07, 6.45) is -11.7. The van der Waals surface area contributed by atoms with Crippen molar-refractivity contribution in [2.75, 3.05) is 19.8 Å². The maximum atomic E-state index is 9.99. The Morgan fingerprint density at radius 1 is 0.636 bits per heavy atom. The van der Waals surface area contributed by atoms with Gasteiger partial charge in [0.15, 0.2) is 6.29 Å². The summed E-state index contributed by atoms with van der Waals surface area (Å²) in [5.41, 5.74) is 0. The van der Waals surface area contributed by atoms with Crippen LogP contribution in [0.1, 0.15) is 0 Å². The highest BCUT2D eigenvalue weighted by molar-refractivity contribution is 4.94. The van der Waals surface area contributed by atoms with Crippen LogP contribution in [0.3, 0.4) is 0 Å². The van der Waals surface area contributed by atoms with Crippen LogP contribution in [-0.2, 0) is 14.2 Å². The van der Waals surface area contributed by atoms with Crippen molar-refractivity contribution < 1.29 is 50.0 Å². The van der Waals surface area contributed by atoms with Crippen LogP contribution in [0.15, 0.2) is 0 Å². The van der Waals surface area contributed by atoms with E-state index in [1.165, 1.54) is 0 Å². The molecule has 2 aliphatic rings. The fraction of sp³-hybridized carbons (Fsp3) is 1.00. The van der Waals surface area contributed by atoms with Crippen molar-refractivity contribution in [3.8, 4) is 0 Å². The fourth-order valence-corrected chi connectivity index (χ4v) is 2.61. The van der Waals surface area contributed by atoms with Gasteiger partial charge in [-0.25, -0.2) is 0 Å². The minimum atomic E-state index is -1.63. The molecular weight excluding hydrogens is 304 g/mol. The van der Waals surface area contributed by atoms with E-state index in [1.54, 1.807) is 0 Å². The Hall–Kier alpha value is -0.400. The maximum absolute atomic E-state index is 9.99. The summed E-state index contributed by atoms with van der Waals surface area (Å²) < 4.78 is 15.7. The van der Waals surface area contributed by atoms with E-state index in [-0.39, 0.29) is 0 Å². The highest BCUT2D eigenvalue weighted by atomic mass is 16.7. The molecule has 0 aromatic carbocycles. The number of hydrogen-bond donors (Lipinski definition) is 7. The van der Waals surface area contributed by atoms with Crippen LogP contribution in [0.5, 0.6) is 0 Å². The molecule has 0 aromatic rings. The monoisotopic (exact) mass is 326 g/mol.